The minimum Gasteiger partial charge on any atom is -0.463 e. The summed E-state index contributed by atoms with van der Waals surface area (Å²) in [4.78, 5) is 14.4. The number of carbonyl (C=O) groups is 1. The predicted octanol–water partition coefficient (Wildman–Crippen LogP) is 6.04. The van der Waals surface area contributed by atoms with E-state index in [2.05, 4.69) is 17.2 Å². The average Bonchev–Trinajstić information content (AvgIpc) is 2.82. The van der Waals surface area contributed by atoms with Gasteiger partial charge in [0.2, 0.25) is 0 Å². The molecule has 0 N–H and O–H groups in total. The summed E-state index contributed by atoms with van der Waals surface area (Å²) in [6.45, 7) is 6.96. The molecule has 2 aromatic rings. The first-order chi connectivity index (χ1) is 15.4. The Morgan fingerprint density at radius 2 is 1.81 bits per heavy atom. The van der Waals surface area contributed by atoms with E-state index in [1.54, 1.807) is 12.1 Å². The van der Waals surface area contributed by atoms with E-state index >= 15 is 0 Å². The van der Waals surface area contributed by atoms with Crippen molar-refractivity contribution in [2.75, 3.05) is 25.1 Å². The first kappa shape index (κ1) is 24.6. The second-order valence-corrected chi connectivity index (χ2v) is 7.89. The van der Waals surface area contributed by atoms with Crippen LogP contribution in [-0.4, -0.2) is 26.2 Å². The van der Waals surface area contributed by atoms with Crippen LogP contribution >= 0.6 is 0 Å². The molecule has 0 radical (unpaired) electrons. The number of benzene rings is 2. The number of likely N-dealkylation sites (N-methyl/N-ethyl adjacent to an activating group) is 1. The molecule has 0 bridgehead atoms. The zero-order valence-corrected chi connectivity index (χ0v) is 19.1. The van der Waals surface area contributed by atoms with Crippen LogP contribution in [0.5, 0.6) is 0 Å². The molecule has 1 atom stereocenters. The van der Waals surface area contributed by atoms with Gasteiger partial charge in [-0.2, -0.15) is 15.6 Å². The van der Waals surface area contributed by atoms with Gasteiger partial charge in [0.25, 0.3) is 0 Å². The van der Waals surface area contributed by atoms with Crippen molar-refractivity contribution in [1.29, 1.82) is 10.5 Å². The molecule has 0 spiro atoms. The molecule has 2 rings (SSSR count). The molecule has 166 valence electrons. The number of ether oxygens (including phenoxy) is 1. The van der Waals surface area contributed by atoms with Gasteiger partial charge in [0.1, 0.15) is 18.4 Å². The average molecular weight is 432 g/mol. The van der Waals surface area contributed by atoms with Crippen LogP contribution < -0.4 is 4.90 Å². The van der Waals surface area contributed by atoms with Crippen LogP contribution in [0.15, 0.2) is 52.7 Å². The zero-order valence-electron chi connectivity index (χ0n) is 19.1. The summed E-state index contributed by atoms with van der Waals surface area (Å²) in [5.74, 6) is -0.134. The second-order valence-electron chi connectivity index (χ2n) is 7.89. The van der Waals surface area contributed by atoms with E-state index in [0.717, 1.165) is 24.9 Å². The number of nitrogens with zero attached hydrogens (tertiary/aromatic N) is 5. The normalized spacial score (nSPS) is 12.6. The topological polar surface area (TPSA) is 102 Å². The number of azo groups is 1. The van der Waals surface area contributed by atoms with Crippen molar-refractivity contribution >= 4 is 23.0 Å². The highest BCUT2D eigenvalue weighted by molar-refractivity contribution is 5.76. The van der Waals surface area contributed by atoms with Crippen molar-refractivity contribution in [3.05, 3.63) is 53.6 Å². The van der Waals surface area contributed by atoms with Gasteiger partial charge in [-0.05, 0) is 62.2 Å². The number of hydrogen-bond donors (Lipinski definition) is 0. The SMILES string of the molecule is CCCC(C)(CC)C(=O)OCCN(C)c1ccc(N=Nc2ccc(C#N)cc2C#N)cc1. The van der Waals surface area contributed by atoms with E-state index in [-0.39, 0.29) is 5.97 Å². The highest BCUT2D eigenvalue weighted by atomic mass is 16.5. The number of carbonyl (C=O) groups excluding carboxylic acids is 1. The van der Waals surface area contributed by atoms with Gasteiger partial charge in [0.05, 0.1) is 34.8 Å². The number of hydrogen-bond acceptors (Lipinski definition) is 7. The number of anilines is 1. The van der Waals surface area contributed by atoms with Gasteiger partial charge in [0, 0.05) is 12.7 Å². The van der Waals surface area contributed by atoms with Crippen LogP contribution in [0.2, 0.25) is 0 Å². The molecule has 7 heteroatoms. The lowest BCUT2D eigenvalue weighted by atomic mass is 9.83. The molecule has 1 unspecified atom stereocenters. The van der Waals surface area contributed by atoms with Gasteiger partial charge in [-0.25, -0.2) is 0 Å². The molecular formula is C25H29N5O2. The van der Waals surface area contributed by atoms with Crippen LogP contribution in [0.3, 0.4) is 0 Å². The molecule has 0 aromatic heterocycles. The van der Waals surface area contributed by atoms with E-state index in [4.69, 9.17) is 10.00 Å². The maximum atomic E-state index is 12.4. The van der Waals surface area contributed by atoms with Crippen molar-refractivity contribution in [1.82, 2.24) is 0 Å². The fourth-order valence-electron chi connectivity index (χ4n) is 3.22. The fraction of sp³-hybridized carbons (Fsp3) is 0.400. The summed E-state index contributed by atoms with van der Waals surface area (Å²) in [5.41, 5.74) is 2.31. The molecule has 2 aromatic carbocycles. The molecule has 0 aliphatic carbocycles. The molecule has 0 fully saturated rings. The van der Waals surface area contributed by atoms with Gasteiger partial charge >= 0.3 is 5.97 Å². The van der Waals surface area contributed by atoms with Gasteiger partial charge in [-0.15, -0.1) is 5.11 Å². The number of rotatable bonds is 10. The first-order valence-corrected chi connectivity index (χ1v) is 10.7. The summed E-state index contributed by atoms with van der Waals surface area (Å²) in [6.07, 6.45) is 2.54. The van der Waals surface area contributed by atoms with E-state index < -0.39 is 5.41 Å². The largest absolute Gasteiger partial charge is 0.463 e. The van der Waals surface area contributed by atoms with Crippen molar-refractivity contribution < 1.29 is 9.53 Å². The Bertz CT molecular complexity index is 1030. The summed E-state index contributed by atoms with van der Waals surface area (Å²) in [5, 5.41) is 26.5. The molecule has 0 amide bonds. The third-order valence-corrected chi connectivity index (χ3v) is 5.54. The molecule has 0 saturated carbocycles. The Hall–Kier alpha value is -3.71. The Morgan fingerprint density at radius 3 is 2.41 bits per heavy atom. The van der Waals surface area contributed by atoms with Gasteiger partial charge in [0.15, 0.2) is 0 Å². The van der Waals surface area contributed by atoms with Crippen LogP contribution in [0, 0.1) is 28.1 Å². The summed E-state index contributed by atoms with van der Waals surface area (Å²) >= 11 is 0. The first-order valence-electron chi connectivity index (χ1n) is 10.7. The number of nitriles is 2. The summed E-state index contributed by atoms with van der Waals surface area (Å²) in [6, 6.07) is 16.2. The number of esters is 1. The third-order valence-electron chi connectivity index (χ3n) is 5.54. The summed E-state index contributed by atoms with van der Waals surface area (Å²) < 4.78 is 5.53. The fourth-order valence-corrected chi connectivity index (χ4v) is 3.22. The zero-order chi connectivity index (χ0) is 23.6. The molecule has 32 heavy (non-hydrogen) atoms. The van der Waals surface area contributed by atoms with E-state index in [1.165, 1.54) is 6.07 Å². The Labute approximate surface area is 189 Å². The molecule has 0 aliphatic heterocycles. The van der Waals surface area contributed by atoms with Crippen molar-refractivity contribution in [2.24, 2.45) is 15.6 Å². The van der Waals surface area contributed by atoms with Gasteiger partial charge in [-0.3, -0.25) is 4.79 Å². The van der Waals surface area contributed by atoms with Gasteiger partial charge < -0.3 is 9.64 Å². The van der Waals surface area contributed by atoms with Crippen molar-refractivity contribution in [3.63, 3.8) is 0 Å². The molecule has 0 aliphatic rings. The lowest BCUT2D eigenvalue weighted by Crippen LogP contribution is -2.32. The third kappa shape index (κ3) is 6.39. The monoisotopic (exact) mass is 431 g/mol. The molecule has 7 nitrogen and oxygen atoms in total. The van der Waals surface area contributed by atoms with Crippen LogP contribution in [0.4, 0.5) is 17.1 Å². The van der Waals surface area contributed by atoms with Crippen molar-refractivity contribution in [3.8, 4) is 12.1 Å². The minimum atomic E-state index is -0.416. The van der Waals surface area contributed by atoms with Crippen LogP contribution in [0.25, 0.3) is 0 Å². The maximum Gasteiger partial charge on any atom is 0.311 e. The Morgan fingerprint density at radius 1 is 1.09 bits per heavy atom. The smallest absolute Gasteiger partial charge is 0.311 e. The lowest BCUT2D eigenvalue weighted by molar-refractivity contribution is -0.155. The highest BCUT2D eigenvalue weighted by Crippen LogP contribution is 2.29. The lowest BCUT2D eigenvalue weighted by Gasteiger charge is -2.26. The minimum absolute atomic E-state index is 0.134. The second kappa shape index (κ2) is 11.6. The van der Waals surface area contributed by atoms with Crippen molar-refractivity contribution in [2.45, 2.75) is 40.0 Å². The Balaban J connectivity index is 1.95. The molecular weight excluding hydrogens is 402 g/mol. The van der Waals surface area contributed by atoms with E-state index in [1.807, 2.05) is 62.2 Å². The predicted molar refractivity (Wildman–Crippen MR) is 124 cm³/mol. The quantitative estimate of drug-likeness (QED) is 0.337. The molecule has 0 heterocycles. The van der Waals surface area contributed by atoms with Crippen LogP contribution in [0.1, 0.15) is 51.2 Å². The van der Waals surface area contributed by atoms with E-state index in [0.29, 0.717) is 35.7 Å². The molecule has 0 saturated heterocycles. The maximum absolute atomic E-state index is 12.4. The van der Waals surface area contributed by atoms with Crippen LogP contribution in [-0.2, 0) is 9.53 Å². The summed E-state index contributed by atoms with van der Waals surface area (Å²) in [7, 11) is 1.94. The van der Waals surface area contributed by atoms with Gasteiger partial charge in [-0.1, -0.05) is 20.3 Å². The highest BCUT2D eigenvalue weighted by Gasteiger charge is 2.31. The standard InChI is InChI=1S/C25H29N5O2/c1-5-13-25(3,6-2)24(31)32-15-14-30(4)22-10-8-21(9-11-22)28-29-23-12-7-19(17-26)16-20(23)18-27/h7-12,16H,5-6,13-15H2,1-4H3. The Kier molecular flexibility index (Phi) is 8.92. The van der Waals surface area contributed by atoms with E-state index in [9.17, 15) is 10.1 Å².